The fourth-order valence-corrected chi connectivity index (χ4v) is 1.86. The highest BCUT2D eigenvalue weighted by Crippen LogP contribution is 2.17. The summed E-state index contributed by atoms with van der Waals surface area (Å²) in [7, 11) is 1.56. The Balaban J connectivity index is 1.96. The average molecular weight is 225 g/mol. The van der Waals surface area contributed by atoms with E-state index in [1.165, 1.54) is 5.01 Å². The number of amides is 2. The number of nitrogens with zero attached hydrogens (tertiary/aromatic N) is 3. The van der Waals surface area contributed by atoms with Gasteiger partial charge in [0.15, 0.2) is 0 Å². The Bertz CT molecular complexity index is 347. The Morgan fingerprint density at radius 1 is 1.50 bits per heavy atom. The number of hydrogen-bond donors (Lipinski definition) is 1. The largest absolute Gasteiger partial charge is 0.396 e. The molecule has 2 aliphatic heterocycles. The van der Waals surface area contributed by atoms with Crippen LogP contribution >= 0.6 is 0 Å². The van der Waals surface area contributed by atoms with Gasteiger partial charge in [0.1, 0.15) is 5.71 Å². The first kappa shape index (κ1) is 11.1. The summed E-state index contributed by atoms with van der Waals surface area (Å²) in [5, 5.41) is 14.0. The predicted octanol–water partition coefficient (Wildman–Crippen LogP) is -0.955. The van der Waals surface area contributed by atoms with Crippen molar-refractivity contribution < 1.29 is 14.7 Å². The Labute approximate surface area is 93.5 Å². The van der Waals surface area contributed by atoms with E-state index in [1.807, 2.05) is 0 Å². The third-order valence-electron chi connectivity index (χ3n) is 2.96. The first-order chi connectivity index (χ1) is 7.61. The number of likely N-dealkylation sites (tertiary alicyclic amines) is 1. The third-order valence-corrected chi connectivity index (χ3v) is 2.96. The van der Waals surface area contributed by atoms with E-state index in [0.717, 1.165) is 0 Å². The maximum atomic E-state index is 11.9. The Morgan fingerprint density at radius 3 is 2.75 bits per heavy atom. The standard InChI is InChI=1S/C10H15N3O3/c1-12-9(15)3-2-8(11-12)10(16)13-4-7(5-13)6-14/h7,14H,2-6H2,1H3. The van der Waals surface area contributed by atoms with E-state index in [2.05, 4.69) is 5.10 Å². The molecule has 1 fully saturated rings. The summed E-state index contributed by atoms with van der Waals surface area (Å²) < 4.78 is 0. The highest BCUT2D eigenvalue weighted by atomic mass is 16.3. The molecule has 2 amide bonds. The fourth-order valence-electron chi connectivity index (χ4n) is 1.86. The van der Waals surface area contributed by atoms with Gasteiger partial charge in [0, 0.05) is 45.5 Å². The van der Waals surface area contributed by atoms with E-state index < -0.39 is 0 Å². The van der Waals surface area contributed by atoms with Crippen LogP contribution in [0.1, 0.15) is 12.8 Å². The van der Waals surface area contributed by atoms with Crippen molar-refractivity contribution in [3.8, 4) is 0 Å². The molecule has 0 saturated carbocycles. The molecule has 0 bridgehead atoms. The molecule has 1 saturated heterocycles. The number of aliphatic hydroxyl groups excluding tert-OH is 1. The fraction of sp³-hybridized carbons (Fsp3) is 0.700. The lowest BCUT2D eigenvalue weighted by molar-refractivity contribution is -0.132. The van der Waals surface area contributed by atoms with Gasteiger partial charge in [0.2, 0.25) is 5.91 Å². The van der Waals surface area contributed by atoms with Crippen LogP contribution in [-0.4, -0.2) is 59.3 Å². The molecule has 2 rings (SSSR count). The zero-order chi connectivity index (χ0) is 11.7. The maximum absolute atomic E-state index is 11.9. The van der Waals surface area contributed by atoms with Crippen molar-refractivity contribution in [2.75, 3.05) is 26.7 Å². The van der Waals surface area contributed by atoms with Gasteiger partial charge >= 0.3 is 0 Å². The quantitative estimate of drug-likeness (QED) is 0.658. The molecule has 0 unspecified atom stereocenters. The number of rotatable bonds is 2. The molecule has 88 valence electrons. The zero-order valence-electron chi connectivity index (χ0n) is 9.22. The van der Waals surface area contributed by atoms with Crippen molar-refractivity contribution in [1.82, 2.24) is 9.91 Å². The van der Waals surface area contributed by atoms with Crippen molar-refractivity contribution in [2.45, 2.75) is 12.8 Å². The van der Waals surface area contributed by atoms with Crippen LogP contribution in [-0.2, 0) is 9.59 Å². The van der Waals surface area contributed by atoms with Gasteiger partial charge in [-0.1, -0.05) is 0 Å². The molecule has 0 aliphatic carbocycles. The summed E-state index contributed by atoms with van der Waals surface area (Å²) in [5.41, 5.74) is 0.443. The first-order valence-corrected chi connectivity index (χ1v) is 5.36. The second-order valence-corrected chi connectivity index (χ2v) is 4.22. The molecule has 6 nitrogen and oxygen atoms in total. The van der Waals surface area contributed by atoms with Crippen LogP contribution in [0.25, 0.3) is 0 Å². The lowest BCUT2D eigenvalue weighted by Crippen LogP contribution is -2.54. The smallest absolute Gasteiger partial charge is 0.270 e. The molecule has 0 aromatic carbocycles. The van der Waals surface area contributed by atoms with Crippen LogP contribution < -0.4 is 0 Å². The molecular formula is C10H15N3O3. The van der Waals surface area contributed by atoms with Gasteiger partial charge in [-0.3, -0.25) is 9.59 Å². The van der Waals surface area contributed by atoms with Crippen LogP contribution in [0, 0.1) is 5.92 Å². The molecular weight excluding hydrogens is 210 g/mol. The minimum atomic E-state index is -0.107. The molecule has 1 N–H and O–H groups in total. The molecule has 2 heterocycles. The Hall–Kier alpha value is -1.43. The van der Waals surface area contributed by atoms with Gasteiger partial charge in [-0.25, -0.2) is 5.01 Å². The molecule has 6 heteroatoms. The number of hydrogen-bond acceptors (Lipinski definition) is 4. The number of hydrazone groups is 1. The SMILES string of the molecule is CN1N=C(C(=O)N2CC(CO)C2)CCC1=O. The second kappa shape index (κ2) is 4.21. The number of carbonyl (C=O) groups excluding carboxylic acids is 2. The van der Waals surface area contributed by atoms with Crippen LogP contribution in [0.2, 0.25) is 0 Å². The summed E-state index contributed by atoms with van der Waals surface area (Å²) in [6.07, 6.45) is 0.765. The van der Waals surface area contributed by atoms with Crippen molar-refractivity contribution >= 4 is 17.5 Å². The highest BCUT2D eigenvalue weighted by molar-refractivity contribution is 6.39. The van der Waals surface area contributed by atoms with Crippen molar-refractivity contribution in [3.05, 3.63) is 0 Å². The van der Waals surface area contributed by atoms with Gasteiger partial charge in [0.05, 0.1) is 0 Å². The van der Waals surface area contributed by atoms with E-state index in [4.69, 9.17) is 5.11 Å². The lowest BCUT2D eigenvalue weighted by Gasteiger charge is -2.38. The van der Waals surface area contributed by atoms with Gasteiger partial charge in [-0.15, -0.1) is 0 Å². The maximum Gasteiger partial charge on any atom is 0.270 e. The normalized spacial score (nSPS) is 21.9. The summed E-state index contributed by atoms with van der Waals surface area (Å²) in [5.74, 6) is 0.0324. The first-order valence-electron chi connectivity index (χ1n) is 5.36. The Morgan fingerprint density at radius 2 is 2.19 bits per heavy atom. The molecule has 0 radical (unpaired) electrons. The predicted molar refractivity (Wildman–Crippen MR) is 56.6 cm³/mol. The van der Waals surface area contributed by atoms with E-state index in [-0.39, 0.29) is 24.3 Å². The van der Waals surface area contributed by atoms with Gasteiger partial charge in [-0.05, 0) is 0 Å². The summed E-state index contributed by atoms with van der Waals surface area (Å²) in [4.78, 5) is 24.7. The van der Waals surface area contributed by atoms with Crippen molar-refractivity contribution in [3.63, 3.8) is 0 Å². The summed E-state index contributed by atoms with van der Waals surface area (Å²) in [6, 6.07) is 0. The molecule has 2 aliphatic rings. The highest BCUT2D eigenvalue weighted by Gasteiger charge is 2.33. The van der Waals surface area contributed by atoms with Crippen LogP contribution in [0.4, 0.5) is 0 Å². The van der Waals surface area contributed by atoms with E-state index in [1.54, 1.807) is 11.9 Å². The zero-order valence-corrected chi connectivity index (χ0v) is 9.22. The summed E-state index contributed by atoms with van der Waals surface area (Å²) in [6.45, 7) is 1.30. The second-order valence-electron chi connectivity index (χ2n) is 4.22. The Kier molecular flexibility index (Phi) is 2.91. The minimum Gasteiger partial charge on any atom is -0.396 e. The molecule has 0 aromatic rings. The third kappa shape index (κ3) is 1.92. The summed E-state index contributed by atoms with van der Waals surface area (Å²) >= 11 is 0. The van der Waals surface area contributed by atoms with E-state index in [9.17, 15) is 9.59 Å². The van der Waals surface area contributed by atoms with Crippen molar-refractivity contribution in [1.29, 1.82) is 0 Å². The van der Waals surface area contributed by atoms with E-state index >= 15 is 0 Å². The number of aliphatic hydroxyl groups is 1. The topological polar surface area (TPSA) is 73.2 Å². The van der Waals surface area contributed by atoms with Crippen LogP contribution in [0.3, 0.4) is 0 Å². The molecule has 0 aromatic heterocycles. The van der Waals surface area contributed by atoms with Gasteiger partial charge in [0.25, 0.3) is 5.91 Å². The molecule has 0 atom stereocenters. The molecule has 16 heavy (non-hydrogen) atoms. The van der Waals surface area contributed by atoms with Gasteiger partial charge in [-0.2, -0.15) is 5.10 Å². The monoisotopic (exact) mass is 225 g/mol. The average Bonchev–Trinajstić information content (AvgIpc) is 2.20. The van der Waals surface area contributed by atoms with Gasteiger partial charge < -0.3 is 10.0 Å². The number of carbonyl (C=O) groups is 2. The van der Waals surface area contributed by atoms with Crippen LogP contribution in [0.5, 0.6) is 0 Å². The van der Waals surface area contributed by atoms with Crippen LogP contribution in [0.15, 0.2) is 5.10 Å². The lowest BCUT2D eigenvalue weighted by atomic mass is 10.00. The van der Waals surface area contributed by atoms with E-state index in [0.29, 0.717) is 31.6 Å². The van der Waals surface area contributed by atoms with Crippen molar-refractivity contribution in [2.24, 2.45) is 11.0 Å². The minimum absolute atomic E-state index is 0.0617. The molecule has 0 spiro atoms.